The van der Waals surface area contributed by atoms with E-state index in [4.69, 9.17) is 5.26 Å². The van der Waals surface area contributed by atoms with Gasteiger partial charge in [0.1, 0.15) is 0 Å². The Morgan fingerprint density at radius 2 is 2.06 bits per heavy atom. The van der Waals surface area contributed by atoms with Crippen LogP contribution in [0.15, 0.2) is 0 Å². The number of hydrogen-bond donors (Lipinski definition) is 0. The largest absolute Gasteiger partial charge is 0.469 e. The number of nitriles is 1. The second kappa shape index (κ2) is 7.24. The van der Waals surface area contributed by atoms with E-state index in [1.54, 1.807) is 0 Å². The van der Waals surface area contributed by atoms with Crippen LogP contribution in [-0.4, -0.2) is 38.1 Å². The summed E-state index contributed by atoms with van der Waals surface area (Å²) in [5.74, 6) is -0.177. The third-order valence-electron chi connectivity index (χ3n) is 2.57. The Morgan fingerprint density at radius 3 is 2.56 bits per heavy atom. The number of rotatable bonds is 7. The minimum atomic E-state index is -0.247. The van der Waals surface area contributed by atoms with Crippen LogP contribution >= 0.6 is 0 Å². The molecule has 0 saturated heterocycles. The van der Waals surface area contributed by atoms with Gasteiger partial charge in [-0.25, -0.2) is 0 Å². The van der Waals surface area contributed by atoms with Crippen molar-refractivity contribution in [2.24, 2.45) is 5.41 Å². The summed E-state index contributed by atoms with van der Waals surface area (Å²) in [5.41, 5.74) is -0.247. The van der Waals surface area contributed by atoms with E-state index in [-0.39, 0.29) is 11.4 Å². The lowest BCUT2D eigenvalue weighted by Crippen LogP contribution is -2.24. The van der Waals surface area contributed by atoms with Crippen LogP contribution in [0.25, 0.3) is 0 Å². The molecule has 0 spiro atoms. The highest BCUT2D eigenvalue weighted by molar-refractivity contribution is 5.69. The smallest absolute Gasteiger partial charge is 0.306 e. The van der Waals surface area contributed by atoms with E-state index in [0.29, 0.717) is 13.0 Å². The molecule has 92 valence electrons. The molecule has 0 aliphatic rings. The Labute approximate surface area is 98.2 Å². The molecule has 0 amide bonds. The van der Waals surface area contributed by atoms with Crippen molar-refractivity contribution in [1.29, 1.82) is 5.26 Å². The molecule has 16 heavy (non-hydrogen) atoms. The zero-order valence-electron chi connectivity index (χ0n) is 10.7. The topological polar surface area (TPSA) is 53.3 Å². The predicted octanol–water partition coefficient (Wildman–Crippen LogP) is 1.81. The third-order valence-corrected chi connectivity index (χ3v) is 2.57. The second-order valence-electron chi connectivity index (χ2n) is 4.73. The minimum absolute atomic E-state index is 0.177. The third kappa shape index (κ3) is 7.24. The van der Waals surface area contributed by atoms with Gasteiger partial charge in [-0.15, -0.1) is 0 Å². The molecule has 0 saturated carbocycles. The highest BCUT2D eigenvalue weighted by Gasteiger charge is 2.16. The fourth-order valence-corrected chi connectivity index (χ4v) is 1.34. The second-order valence-corrected chi connectivity index (χ2v) is 4.73. The molecule has 4 nitrogen and oxygen atoms in total. The summed E-state index contributed by atoms with van der Waals surface area (Å²) in [6.45, 7) is 5.50. The highest BCUT2D eigenvalue weighted by atomic mass is 16.5. The van der Waals surface area contributed by atoms with Crippen molar-refractivity contribution >= 4 is 5.97 Å². The average Bonchev–Trinajstić information content (AvgIpc) is 2.25. The van der Waals surface area contributed by atoms with Crippen LogP contribution in [0.4, 0.5) is 0 Å². The SMILES string of the molecule is COC(=O)CCN(C)CCCC(C)(C)C#N. The van der Waals surface area contributed by atoms with Crippen molar-refractivity contribution in [2.45, 2.75) is 33.1 Å². The maximum Gasteiger partial charge on any atom is 0.306 e. The fraction of sp³-hybridized carbons (Fsp3) is 0.833. The number of carbonyl (C=O) groups excluding carboxylic acids is 1. The molecular weight excluding hydrogens is 204 g/mol. The minimum Gasteiger partial charge on any atom is -0.469 e. The molecule has 0 heterocycles. The molecule has 0 radical (unpaired) electrons. The summed E-state index contributed by atoms with van der Waals surface area (Å²) in [6, 6.07) is 2.28. The molecule has 0 bridgehead atoms. The molecule has 0 rings (SSSR count). The molecule has 0 aliphatic carbocycles. The van der Waals surface area contributed by atoms with Crippen LogP contribution < -0.4 is 0 Å². The molecule has 0 aromatic carbocycles. The lowest BCUT2D eigenvalue weighted by molar-refractivity contribution is -0.140. The Balaban J connectivity index is 3.63. The molecular formula is C12H22N2O2. The maximum atomic E-state index is 10.9. The van der Waals surface area contributed by atoms with Gasteiger partial charge in [0.15, 0.2) is 0 Å². The van der Waals surface area contributed by atoms with Crippen LogP contribution in [0.2, 0.25) is 0 Å². The number of ether oxygens (including phenoxy) is 1. The summed E-state index contributed by atoms with van der Waals surface area (Å²) in [7, 11) is 3.38. The van der Waals surface area contributed by atoms with Gasteiger partial charge < -0.3 is 9.64 Å². The van der Waals surface area contributed by atoms with Crippen molar-refractivity contribution in [3.8, 4) is 6.07 Å². The van der Waals surface area contributed by atoms with E-state index in [0.717, 1.165) is 19.4 Å². The Kier molecular flexibility index (Phi) is 6.75. The van der Waals surface area contributed by atoms with Crippen molar-refractivity contribution in [2.75, 3.05) is 27.2 Å². The molecule has 0 aromatic heterocycles. The number of carbonyl (C=O) groups is 1. The summed E-state index contributed by atoms with van der Waals surface area (Å²) < 4.78 is 4.57. The fourth-order valence-electron chi connectivity index (χ4n) is 1.34. The highest BCUT2D eigenvalue weighted by Crippen LogP contribution is 2.20. The van der Waals surface area contributed by atoms with Crippen LogP contribution in [0, 0.1) is 16.7 Å². The van der Waals surface area contributed by atoms with E-state index >= 15 is 0 Å². The van der Waals surface area contributed by atoms with Crippen LogP contribution in [-0.2, 0) is 9.53 Å². The van der Waals surface area contributed by atoms with E-state index in [2.05, 4.69) is 15.7 Å². The van der Waals surface area contributed by atoms with E-state index in [9.17, 15) is 4.79 Å². The van der Waals surface area contributed by atoms with Crippen LogP contribution in [0.5, 0.6) is 0 Å². The van der Waals surface area contributed by atoms with Gasteiger partial charge >= 0.3 is 5.97 Å². The lowest BCUT2D eigenvalue weighted by atomic mass is 9.90. The zero-order valence-corrected chi connectivity index (χ0v) is 10.7. The van der Waals surface area contributed by atoms with E-state index < -0.39 is 0 Å². The number of methoxy groups -OCH3 is 1. The van der Waals surface area contributed by atoms with E-state index in [1.807, 2.05) is 20.9 Å². The Hall–Kier alpha value is -1.08. The summed E-state index contributed by atoms with van der Waals surface area (Å²) in [5, 5.41) is 8.84. The summed E-state index contributed by atoms with van der Waals surface area (Å²) in [6.07, 6.45) is 2.28. The first-order valence-corrected chi connectivity index (χ1v) is 5.58. The van der Waals surface area contributed by atoms with E-state index in [1.165, 1.54) is 7.11 Å². The van der Waals surface area contributed by atoms with Gasteiger partial charge in [0.25, 0.3) is 0 Å². The standard InChI is InChI=1S/C12H22N2O2/c1-12(2,10-13)7-5-8-14(3)9-6-11(15)16-4/h5-9H2,1-4H3. The molecule has 0 fully saturated rings. The van der Waals surface area contributed by atoms with Crippen molar-refractivity contribution in [3.63, 3.8) is 0 Å². The zero-order chi connectivity index (χ0) is 12.6. The van der Waals surface area contributed by atoms with Crippen molar-refractivity contribution < 1.29 is 9.53 Å². The van der Waals surface area contributed by atoms with Gasteiger partial charge in [-0.1, -0.05) is 0 Å². The average molecular weight is 226 g/mol. The van der Waals surface area contributed by atoms with Gasteiger partial charge in [0.05, 0.1) is 25.0 Å². The Bertz CT molecular complexity index is 256. The molecule has 0 atom stereocenters. The molecule has 0 aromatic rings. The van der Waals surface area contributed by atoms with Crippen LogP contribution in [0.3, 0.4) is 0 Å². The van der Waals surface area contributed by atoms with Crippen LogP contribution in [0.1, 0.15) is 33.1 Å². The van der Waals surface area contributed by atoms with Gasteiger partial charge in [-0.05, 0) is 40.3 Å². The maximum absolute atomic E-state index is 10.9. The van der Waals surface area contributed by atoms with Crippen molar-refractivity contribution in [1.82, 2.24) is 4.90 Å². The summed E-state index contributed by atoms with van der Waals surface area (Å²) >= 11 is 0. The first kappa shape index (κ1) is 14.9. The first-order valence-electron chi connectivity index (χ1n) is 5.58. The summed E-state index contributed by atoms with van der Waals surface area (Å²) in [4.78, 5) is 13.0. The molecule has 0 aliphatic heterocycles. The van der Waals surface area contributed by atoms with Gasteiger partial charge in [-0.2, -0.15) is 5.26 Å². The van der Waals surface area contributed by atoms with Gasteiger partial charge in [-0.3, -0.25) is 4.79 Å². The van der Waals surface area contributed by atoms with Gasteiger partial charge in [0.2, 0.25) is 0 Å². The first-order chi connectivity index (χ1) is 7.41. The van der Waals surface area contributed by atoms with Gasteiger partial charge in [0, 0.05) is 6.54 Å². The molecule has 0 unspecified atom stereocenters. The monoisotopic (exact) mass is 226 g/mol. The number of hydrogen-bond acceptors (Lipinski definition) is 4. The molecule has 0 N–H and O–H groups in total. The number of nitrogens with zero attached hydrogens (tertiary/aromatic N) is 2. The quantitative estimate of drug-likeness (QED) is 0.621. The normalized spacial score (nSPS) is 11.2. The number of esters is 1. The molecule has 4 heteroatoms. The Morgan fingerprint density at radius 1 is 1.44 bits per heavy atom. The predicted molar refractivity (Wildman–Crippen MR) is 62.8 cm³/mol. The van der Waals surface area contributed by atoms with Crippen molar-refractivity contribution in [3.05, 3.63) is 0 Å². The lowest BCUT2D eigenvalue weighted by Gasteiger charge is -2.19.